The minimum absolute atomic E-state index is 0.0471. The first-order chi connectivity index (χ1) is 13.7. The number of para-hydroxylation sites is 1. The van der Waals surface area contributed by atoms with Crippen molar-refractivity contribution in [2.45, 2.75) is 37.3 Å². The molecule has 3 atom stereocenters. The van der Waals surface area contributed by atoms with Crippen LogP contribution in [0.4, 0.5) is 4.79 Å². The van der Waals surface area contributed by atoms with Crippen molar-refractivity contribution in [2.24, 2.45) is 0 Å². The van der Waals surface area contributed by atoms with Crippen LogP contribution in [0.15, 0.2) is 54.7 Å². The van der Waals surface area contributed by atoms with Gasteiger partial charge in [-0.05, 0) is 42.9 Å². The number of urea groups is 1. The third-order valence-corrected chi connectivity index (χ3v) is 6.10. The Hall–Kier alpha value is -3.08. The normalized spacial score (nSPS) is 23.8. The van der Waals surface area contributed by atoms with Gasteiger partial charge in [-0.2, -0.15) is 0 Å². The maximum Gasteiger partial charge on any atom is 0.315 e. The fraction of sp³-hybridized carbons (Fsp3) is 0.304. The Morgan fingerprint density at radius 1 is 0.964 bits per heavy atom. The number of methoxy groups -OCH3 is 1. The number of amides is 2. The van der Waals surface area contributed by atoms with E-state index in [1.807, 2.05) is 24.4 Å². The van der Waals surface area contributed by atoms with Crippen LogP contribution in [-0.2, 0) is 0 Å². The largest absolute Gasteiger partial charge is 0.496 e. The van der Waals surface area contributed by atoms with Crippen molar-refractivity contribution in [2.75, 3.05) is 7.11 Å². The summed E-state index contributed by atoms with van der Waals surface area (Å²) in [7, 11) is 1.73. The molecule has 3 aromatic rings. The van der Waals surface area contributed by atoms with E-state index in [2.05, 4.69) is 45.9 Å². The number of nitrogens with zero attached hydrogens (tertiary/aromatic N) is 1. The van der Waals surface area contributed by atoms with E-state index in [0.717, 1.165) is 41.5 Å². The van der Waals surface area contributed by atoms with Crippen LogP contribution >= 0.6 is 0 Å². The van der Waals surface area contributed by atoms with Crippen molar-refractivity contribution in [3.63, 3.8) is 0 Å². The minimum atomic E-state index is -0.0471. The van der Waals surface area contributed by atoms with Gasteiger partial charge in [0.15, 0.2) is 0 Å². The molecule has 1 aromatic heterocycles. The molecule has 2 aliphatic rings. The SMILES string of the molecule is COc1cccc(-c2cccc3cccnc23)c1C1CCC2NC(=O)NC2C1. The molecule has 1 aliphatic carbocycles. The van der Waals surface area contributed by atoms with Crippen LogP contribution in [0, 0.1) is 0 Å². The number of fused-ring (bicyclic) bond motifs is 2. The standard InChI is InChI=1S/C23H23N3O2/c1-28-20-9-3-7-16(17-8-2-5-14-6-4-12-24-22(14)17)21(20)15-10-11-18-19(13-15)26-23(27)25-18/h2-9,12,15,18-19H,10-11,13H2,1H3,(H2,25,26,27). The Morgan fingerprint density at radius 3 is 2.64 bits per heavy atom. The van der Waals surface area contributed by atoms with E-state index < -0.39 is 0 Å². The van der Waals surface area contributed by atoms with Crippen molar-refractivity contribution in [1.29, 1.82) is 0 Å². The number of hydrogen-bond acceptors (Lipinski definition) is 3. The maximum absolute atomic E-state index is 11.8. The number of rotatable bonds is 3. The quantitative estimate of drug-likeness (QED) is 0.722. The molecule has 0 radical (unpaired) electrons. The molecule has 5 heteroatoms. The predicted octanol–water partition coefficient (Wildman–Crippen LogP) is 4.23. The average molecular weight is 373 g/mol. The fourth-order valence-electron chi connectivity index (χ4n) is 4.84. The Balaban J connectivity index is 1.63. The first-order valence-corrected chi connectivity index (χ1v) is 9.82. The highest BCUT2D eigenvalue weighted by atomic mass is 16.5. The van der Waals surface area contributed by atoms with E-state index in [1.54, 1.807) is 7.11 Å². The van der Waals surface area contributed by atoms with Gasteiger partial charge in [-0.25, -0.2) is 4.79 Å². The van der Waals surface area contributed by atoms with Gasteiger partial charge in [0, 0.05) is 22.7 Å². The summed E-state index contributed by atoms with van der Waals surface area (Å²) in [6.45, 7) is 0. The maximum atomic E-state index is 11.8. The molecular weight excluding hydrogens is 350 g/mol. The summed E-state index contributed by atoms with van der Waals surface area (Å²) < 4.78 is 5.78. The van der Waals surface area contributed by atoms with Crippen molar-refractivity contribution in [3.8, 4) is 16.9 Å². The highest BCUT2D eigenvalue weighted by Gasteiger charge is 2.39. The number of aromatic nitrogens is 1. The molecule has 1 aliphatic heterocycles. The van der Waals surface area contributed by atoms with Crippen LogP contribution < -0.4 is 15.4 Å². The molecule has 142 valence electrons. The molecule has 2 amide bonds. The van der Waals surface area contributed by atoms with Gasteiger partial charge in [-0.15, -0.1) is 0 Å². The summed E-state index contributed by atoms with van der Waals surface area (Å²) in [5.41, 5.74) is 4.53. The number of carbonyl (C=O) groups is 1. The van der Waals surface area contributed by atoms with Gasteiger partial charge in [-0.3, -0.25) is 4.98 Å². The monoisotopic (exact) mass is 373 g/mol. The molecule has 2 N–H and O–H groups in total. The second-order valence-corrected chi connectivity index (χ2v) is 7.64. The van der Waals surface area contributed by atoms with E-state index in [9.17, 15) is 4.79 Å². The Labute approximate surface area is 164 Å². The van der Waals surface area contributed by atoms with Crippen LogP contribution in [0.5, 0.6) is 5.75 Å². The number of carbonyl (C=O) groups excluding carboxylic acids is 1. The van der Waals surface area contributed by atoms with E-state index in [0.29, 0.717) is 5.92 Å². The minimum Gasteiger partial charge on any atom is -0.496 e. The summed E-state index contributed by atoms with van der Waals surface area (Å²) >= 11 is 0. The molecule has 5 rings (SSSR count). The van der Waals surface area contributed by atoms with Crippen LogP contribution in [0.2, 0.25) is 0 Å². The number of benzene rings is 2. The second kappa shape index (κ2) is 6.82. The molecule has 0 bridgehead atoms. The topological polar surface area (TPSA) is 63.2 Å². The number of ether oxygens (including phenoxy) is 1. The Bertz CT molecular complexity index is 1040. The predicted molar refractivity (Wildman–Crippen MR) is 110 cm³/mol. The van der Waals surface area contributed by atoms with Gasteiger partial charge in [0.05, 0.1) is 24.7 Å². The van der Waals surface area contributed by atoms with E-state index in [1.165, 1.54) is 11.1 Å². The van der Waals surface area contributed by atoms with Crippen molar-refractivity contribution < 1.29 is 9.53 Å². The van der Waals surface area contributed by atoms with Gasteiger partial charge in [0.1, 0.15) is 5.75 Å². The summed E-state index contributed by atoms with van der Waals surface area (Å²) in [6, 6.07) is 17.0. The zero-order valence-corrected chi connectivity index (χ0v) is 15.8. The summed E-state index contributed by atoms with van der Waals surface area (Å²) in [4.78, 5) is 16.4. The highest BCUT2D eigenvalue weighted by molar-refractivity contribution is 5.94. The highest BCUT2D eigenvalue weighted by Crippen LogP contribution is 2.44. The molecule has 1 saturated heterocycles. The molecule has 2 fully saturated rings. The van der Waals surface area contributed by atoms with Gasteiger partial charge in [0.25, 0.3) is 0 Å². The van der Waals surface area contributed by atoms with E-state index >= 15 is 0 Å². The summed E-state index contributed by atoms with van der Waals surface area (Å²) in [5.74, 6) is 1.23. The van der Waals surface area contributed by atoms with Gasteiger partial charge in [-0.1, -0.05) is 36.4 Å². The zero-order chi connectivity index (χ0) is 19.1. The number of nitrogens with one attached hydrogen (secondary N) is 2. The molecule has 1 saturated carbocycles. The first-order valence-electron chi connectivity index (χ1n) is 9.82. The second-order valence-electron chi connectivity index (χ2n) is 7.64. The van der Waals surface area contributed by atoms with E-state index in [-0.39, 0.29) is 18.1 Å². The molecule has 2 aromatic carbocycles. The molecule has 0 spiro atoms. The zero-order valence-electron chi connectivity index (χ0n) is 15.8. The molecule has 28 heavy (non-hydrogen) atoms. The number of hydrogen-bond donors (Lipinski definition) is 2. The molecule has 2 heterocycles. The van der Waals surface area contributed by atoms with E-state index in [4.69, 9.17) is 4.74 Å². The average Bonchev–Trinajstić information content (AvgIpc) is 3.12. The molecule has 3 unspecified atom stereocenters. The lowest BCUT2D eigenvalue weighted by atomic mass is 9.76. The van der Waals surface area contributed by atoms with Crippen LogP contribution in [0.1, 0.15) is 30.7 Å². The van der Waals surface area contributed by atoms with Crippen molar-refractivity contribution in [3.05, 3.63) is 60.3 Å². The van der Waals surface area contributed by atoms with Crippen LogP contribution in [0.3, 0.4) is 0 Å². The fourth-order valence-corrected chi connectivity index (χ4v) is 4.84. The first kappa shape index (κ1) is 17.0. The summed E-state index contributed by atoms with van der Waals surface area (Å²) in [6.07, 6.45) is 4.75. The van der Waals surface area contributed by atoms with Crippen molar-refractivity contribution in [1.82, 2.24) is 15.6 Å². The van der Waals surface area contributed by atoms with Crippen LogP contribution in [-0.4, -0.2) is 30.2 Å². The Kier molecular flexibility index (Phi) is 4.15. The lowest BCUT2D eigenvalue weighted by molar-refractivity contribution is 0.247. The van der Waals surface area contributed by atoms with Gasteiger partial charge < -0.3 is 15.4 Å². The third kappa shape index (κ3) is 2.78. The lowest BCUT2D eigenvalue weighted by Gasteiger charge is -2.32. The lowest BCUT2D eigenvalue weighted by Crippen LogP contribution is -2.39. The van der Waals surface area contributed by atoms with Crippen LogP contribution in [0.25, 0.3) is 22.0 Å². The smallest absolute Gasteiger partial charge is 0.315 e. The number of pyridine rings is 1. The third-order valence-electron chi connectivity index (χ3n) is 6.10. The molecular formula is C23H23N3O2. The molecule has 5 nitrogen and oxygen atoms in total. The Morgan fingerprint density at radius 2 is 1.75 bits per heavy atom. The van der Waals surface area contributed by atoms with Gasteiger partial charge in [0.2, 0.25) is 0 Å². The van der Waals surface area contributed by atoms with Gasteiger partial charge >= 0.3 is 6.03 Å². The van der Waals surface area contributed by atoms with Crippen molar-refractivity contribution >= 4 is 16.9 Å². The summed E-state index contributed by atoms with van der Waals surface area (Å²) in [5, 5.41) is 7.24.